The smallest absolute Gasteiger partial charge is 0.191 e. The zero-order valence-electron chi connectivity index (χ0n) is 13.3. The van der Waals surface area contributed by atoms with E-state index in [0.717, 1.165) is 16.8 Å². The molecule has 0 heterocycles. The van der Waals surface area contributed by atoms with Crippen LogP contribution in [0.3, 0.4) is 0 Å². The third kappa shape index (κ3) is 4.43. The molecular formula is C17H19N3O2S. The Labute approximate surface area is 141 Å². The average Bonchev–Trinajstić information content (AvgIpc) is 2.53. The van der Waals surface area contributed by atoms with Crippen molar-refractivity contribution in [2.24, 2.45) is 5.10 Å². The van der Waals surface area contributed by atoms with Crippen molar-refractivity contribution >= 4 is 29.2 Å². The monoisotopic (exact) mass is 329 g/mol. The molecular weight excluding hydrogens is 310 g/mol. The van der Waals surface area contributed by atoms with Gasteiger partial charge in [0.25, 0.3) is 0 Å². The number of nitrogens with zero attached hydrogens (tertiary/aromatic N) is 1. The molecule has 0 saturated heterocycles. The van der Waals surface area contributed by atoms with Crippen molar-refractivity contribution in [2.75, 3.05) is 12.4 Å². The number of aromatic hydroxyl groups is 1. The lowest BCUT2D eigenvalue weighted by molar-refractivity contribution is 0.412. The number of phenols is 1. The highest BCUT2D eigenvalue weighted by Crippen LogP contribution is 2.21. The number of hydrogen-bond acceptors (Lipinski definition) is 4. The number of hydrazone groups is 1. The molecule has 5 nitrogen and oxygen atoms in total. The maximum absolute atomic E-state index is 9.78. The molecule has 0 aromatic heterocycles. The fraction of sp³-hybridized carbons (Fsp3) is 0.176. The molecule has 120 valence electrons. The number of thiocarbonyl (C=S) groups is 1. The molecule has 2 aromatic carbocycles. The van der Waals surface area contributed by atoms with Crippen LogP contribution < -0.4 is 15.5 Å². The highest BCUT2D eigenvalue weighted by atomic mass is 32.1. The molecule has 0 saturated carbocycles. The van der Waals surface area contributed by atoms with E-state index in [4.69, 9.17) is 17.0 Å². The van der Waals surface area contributed by atoms with Crippen LogP contribution in [0, 0.1) is 13.8 Å². The molecule has 2 rings (SSSR count). The Bertz CT molecular complexity index is 724. The standard InChI is InChI=1S/C17H19N3O2S/c1-11-5-4-6-12(2)16(11)19-17(23)20-18-10-13-9-14(22-3)7-8-15(13)21/h4-10,21H,1-3H3,(H2,19,20,23). The molecule has 0 aliphatic rings. The molecule has 0 aliphatic heterocycles. The number of benzene rings is 2. The molecule has 0 atom stereocenters. The highest BCUT2D eigenvalue weighted by Gasteiger charge is 2.04. The second-order valence-corrected chi connectivity index (χ2v) is 5.42. The fourth-order valence-corrected chi connectivity index (χ4v) is 2.23. The summed E-state index contributed by atoms with van der Waals surface area (Å²) in [6.45, 7) is 4.02. The minimum absolute atomic E-state index is 0.116. The van der Waals surface area contributed by atoms with Gasteiger partial charge in [0.1, 0.15) is 11.5 Å². The summed E-state index contributed by atoms with van der Waals surface area (Å²) in [5.74, 6) is 0.755. The quantitative estimate of drug-likeness (QED) is 0.456. The number of para-hydroxylation sites is 1. The Balaban J connectivity index is 2.02. The Kier molecular flexibility index (Phi) is 5.54. The van der Waals surface area contributed by atoms with Gasteiger partial charge in [-0.25, -0.2) is 0 Å². The zero-order chi connectivity index (χ0) is 16.8. The summed E-state index contributed by atoms with van der Waals surface area (Å²) in [5.41, 5.74) is 6.43. The number of hydrogen-bond donors (Lipinski definition) is 3. The van der Waals surface area contributed by atoms with Crippen LogP contribution in [0.2, 0.25) is 0 Å². The lowest BCUT2D eigenvalue weighted by Crippen LogP contribution is -2.24. The van der Waals surface area contributed by atoms with Crippen LogP contribution >= 0.6 is 12.2 Å². The summed E-state index contributed by atoms with van der Waals surface area (Å²) in [7, 11) is 1.56. The third-order valence-electron chi connectivity index (χ3n) is 3.32. The molecule has 23 heavy (non-hydrogen) atoms. The average molecular weight is 329 g/mol. The Hall–Kier alpha value is -2.60. The number of anilines is 1. The van der Waals surface area contributed by atoms with Gasteiger partial charge in [0.05, 0.1) is 13.3 Å². The predicted molar refractivity (Wildman–Crippen MR) is 97.5 cm³/mol. The van der Waals surface area contributed by atoms with Crippen LogP contribution in [-0.2, 0) is 0 Å². The number of ether oxygens (including phenoxy) is 1. The van der Waals surface area contributed by atoms with E-state index in [1.54, 1.807) is 25.3 Å². The van der Waals surface area contributed by atoms with Crippen molar-refractivity contribution in [1.29, 1.82) is 0 Å². The van der Waals surface area contributed by atoms with E-state index < -0.39 is 0 Å². The van der Waals surface area contributed by atoms with E-state index in [1.807, 2.05) is 32.0 Å². The Morgan fingerprint density at radius 3 is 2.57 bits per heavy atom. The largest absolute Gasteiger partial charge is 0.507 e. The van der Waals surface area contributed by atoms with E-state index in [-0.39, 0.29) is 5.75 Å². The Morgan fingerprint density at radius 1 is 1.22 bits per heavy atom. The van der Waals surface area contributed by atoms with E-state index in [9.17, 15) is 5.11 Å². The van der Waals surface area contributed by atoms with Gasteiger partial charge in [0.15, 0.2) is 5.11 Å². The van der Waals surface area contributed by atoms with Crippen molar-refractivity contribution in [3.05, 3.63) is 53.1 Å². The van der Waals surface area contributed by atoms with Crippen molar-refractivity contribution in [3.8, 4) is 11.5 Å². The maximum atomic E-state index is 9.78. The first kappa shape index (κ1) is 16.8. The summed E-state index contributed by atoms with van der Waals surface area (Å²) < 4.78 is 5.11. The molecule has 0 radical (unpaired) electrons. The fourth-order valence-electron chi connectivity index (χ4n) is 2.08. The second kappa shape index (κ2) is 7.60. The van der Waals surface area contributed by atoms with Crippen LogP contribution in [0.4, 0.5) is 5.69 Å². The van der Waals surface area contributed by atoms with E-state index >= 15 is 0 Å². The van der Waals surface area contributed by atoms with Crippen molar-refractivity contribution in [3.63, 3.8) is 0 Å². The molecule has 0 spiro atoms. The first-order chi connectivity index (χ1) is 11.0. The van der Waals surface area contributed by atoms with E-state index in [0.29, 0.717) is 16.4 Å². The van der Waals surface area contributed by atoms with Gasteiger partial charge in [-0.15, -0.1) is 0 Å². The van der Waals surface area contributed by atoms with Gasteiger partial charge < -0.3 is 15.2 Å². The summed E-state index contributed by atoms with van der Waals surface area (Å²) >= 11 is 5.23. The van der Waals surface area contributed by atoms with Crippen LogP contribution in [0.5, 0.6) is 11.5 Å². The van der Waals surface area contributed by atoms with Crippen LogP contribution in [0.15, 0.2) is 41.5 Å². The van der Waals surface area contributed by atoms with Crippen LogP contribution in [0.1, 0.15) is 16.7 Å². The predicted octanol–water partition coefficient (Wildman–Crippen LogP) is 3.34. The molecule has 6 heteroatoms. The summed E-state index contributed by atoms with van der Waals surface area (Å²) in [6.07, 6.45) is 1.48. The van der Waals surface area contributed by atoms with Gasteiger partial charge in [-0.1, -0.05) is 18.2 Å². The minimum Gasteiger partial charge on any atom is -0.507 e. The molecule has 0 fully saturated rings. The van der Waals surface area contributed by atoms with Crippen LogP contribution in [-0.4, -0.2) is 23.5 Å². The lowest BCUT2D eigenvalue weighted by Gasteiger charge is -2.12. The SMILES string of the molecule is COc1ccc(O)c(C=NNC(=S)Nc2c(C)cccc2C)c1. The summed E-state index contributed by atoms with van der Waals surface area (Å²) in [6, 6.07) is 10.9. The van der Waals surface area contributed by atoms with Crippen molar-refractivity contribution in [2.45, 2.75) is 13.8 Å². The molecule has 3 N–H and O–H groups in total. The van der Waals surface area contributed by atoms with E-state index in [1.165, 1.54) is 6.21 Å². The molecule has 0 bridgehead atoms. The first-order valence-electron chi connectivity index (χ1n) is 7.04. The second-order valence-electron chi connectivity index (χ2n) is 5.02. The van der Waals surface area contributed by atoms with E-state index in [2.05, 4.69) is 15.8 Å². The van der Waals surface area contributed by atoms with Gasteiger partial charge in [0.2, 0.25) is 0 Å². The summed E-state index contributed by atoms with van der Waals surface area (Å²) in [5, 5.41) is 17.3. The van der Waals surface area contributed by atoms with Crippen LogP contribution in [0.25, 0.3) is 0 Å². The molecule has 0 unspecified atom stereocenters. The number of nitrogens with one attached hydrogen (secondary N) is 2. The number of aryl methyl sites for hydroxylation is 2. The Morgan fingerprint density at radius 2 is 1.91 bits per heavy atom. The topological polar surface area (TPSA) is 65.9 Å². The lowest BCUT2D eigenvalue weighted by atomic mass is 10.1. The summed E-state index contributed by atoms with van der Waals surface area (Å²) in [4.78, 5) is 0. The van der Waals surface area contributed by atoms with Crippen molar-refractivity contribution < 1.29 is 9.84 Å². The molecule has 0 amide bonds. The zero-order valence-corrected chi connectivity index (χ0v) is 14.1. The van der Waals surface area contributed by atoms with Gasteiger partial charge in [-0.2, -0.15) is 5.10 Å². The maximum Gasteiger partial charge on any atom is 0.191 e. The highest BCUT2D eigenvalue weighted by molar-refractivity contribution is 7.80. The van der Waals surface area contributed by atoms with Gasteiger partial charge in [0, 0.05) is 11.3 Å². The van der Waals surface area contributed by atoms with Gasteiger partial charge >= 0.3 is 0 Å². The minimum atomic E-state index is 0.116. The third-order valence-corrected chi connectivity index (χ3v) is 3.52. The normalized spacial score (nSPS) is 10.6. The molecule has 0 aliphatic carbocycles. The van der Waals surface area contributed by atoms with Gasteiger partial charge in [-0.3, -0.25) is 5.43 Å². The number of methoxy groups -OCH3 is 1. The number of rotatable bonds is 4. The van der Waals surface area contributed by atoms with Crippen molar-refractivity contribution in [1.82, 2.24) is 5.43 Å². The first-order valence-corrected chi connectivity index (χ1v) is 7.45. The number of phenolic OH excluding ortho intramolecular Hbond substituents is 1. The molecule has 2 aromatic rings. The van der Waals surface area contributed by atoms with Gasteiger partial charge in [-0.05, 0) is 55.4 Å².